The lowest BCUT2D eigenvalue weighted by molar-refractivity contribution is -0.139. The fourth-order valence-corrected chi connectivity index (χ4v) is 7.01. The second kappa shape index (κ2) is 12.8. The summed E-state index contributed by atoms with van der Waals surface area (Å²) in [6.07, 6.45) is 7.56. The molecule has 10 heteroatoms. The second-order valence-electron chi connectivity index (χ2n) is 11.5. The van der Waals surface area contributed by atoms with Crippen molar-refractivity contribution in [1.82, 2.24) is 15.1 Å². The maximum atomic E-state index is 13.5. The molecule has 3 fully saturated rings. The summed E-state index contributed by atoms with van der Waals surface area (Å²) >= 11 is 6.51. The summed E-state index contributed by atoms with van der Waals surface area (Å²) in [6.45, 7) is 3.79. The van der Waals surface area contributed by atoms with Crippen molar-refractivity contribution in [1.29, 1.82) is 0 Å². The third-order valence-electron chi connectivity index (χ3n) is 8.95. The molecule has 2 heterocycles. The largest absolute Gasteiger partial charge is 0.349 e. The van der Waals surface area contributed by atoms with E-state index in [4.69, 9.17) is 11.6 Å². The van der Waals surface area contributed by atoms with E-state index >= 15 is 0 Å². The summed E-state index contributed by atoms with van der Waals surface area (Å²) in [4.78, 5) is 30.9. The van der Waals surface area contributed by atoms with E-state index in [9.17, 15) is 18.0 Å². The Morgan fingerprint density at radius 3 is 2.30 bits per heavy atom. The smallest absolute Gasteiger partial charge is 0.229 e. The maximum absolute atomic E-state index is 13.5. The first-order valence-electron chi connectivity index (χ1n) is 14.0. The van der Waals surface area contributed by atoms with Gasteiger partial charge in [-0.3, -0.25) is 9.59 Å². The van der Waals surface area contributed by atoms with Crippen LogP contribution in [0.5, 0.6) is 0 Å². The van der Waals surface area contributed by atoms with Crippen molar-refractivity contribution >= 4 is 45.7 Å². The predicted molar refractivity (Wildman–Crippen MR) is 159 cm³/mol. The Bertz CT molecular complexity index is 1310. The molecule has 7 nitrogen and oxygen atoms in total. The zero-order valence-electron chi connectivity index (χ0n) is 23.0. The number of nitrogens with one attached hydrogen (secondary N) is 1. The van der Waals surface area contributed by atoms with Crippen LogP contribution < -0.4 is 5.32 Å². The Morgan fingerprint density at radius 1 is 1.05 bits per heavy atom. The SMILES string of the molecule is CS(=O)(=O)c1ccc(CN2CCC3(CCN(CCC(NC(=O)C4CCC4)c4ccccc4Cl)CC3)C2=O)cc1.Cl. The standard InChI is InChI=1S/C30H38ClN3O4S.ClH/c1-39(37,38)24-11-9-22(10-12-24)21-34-20-16-30(29(34)36)14-18-33(19-15-30)17-13-27(25-7-2-3-8-26(25)31)32-28(35)23-5-4-6-23;/h2-3,7-12,23,27H,4-6,13-21H2,1H3,(H,32,35);1H. The van der Waals surface area contributed by atoms with Crippen molar-refractivity contribution < 1.29 is 18.0 Å². The third kappa shape index (κ3) is 6.84. The number of halogens is 2. The molecule has 5 rings (SSSR count). The van der Waals surface area contributed by atoms with Crippen LogP contribution in [0.25, 0.3) is 0 Å². The number of hydrogen-bond donors (Lipinski definition) is 1. The van der Waals surface area contributed by atoms with E-state index in [1.54, 1.807) is 24.3 Å². The molecule has 1 spiro atoms. The van der Waals surface area contributed by atoms with Crippen LogP contribution in [0.3, 0.4) is 0 Å². The van der Waals surface area contributed by atoms with Crippen LogP contribution in [0, 0.1) is 11.3 Å². The minimum absolute atomic E-state index is 0. The Labute approximate surface area is 249 Å². The molecule has 1 aliphatic carbocycles. The summed E-state index contributed by atoms with van der Waals surface area (Å²) < 4.78 is 23.5. The van der Waals surface area contributed by atoms with Crippen LogP contribution in [-0.2, 0) is 26.0 Å². The Kier molecular flexibility index (Phi) is 9.87. The minimum Gasteiger partial charge on any atom is -0.349 e. The summed E-state index contributed by atoms with van der Waals surface area (Å²) in [6, 6.07) is 14.5. The highest BCUT2D eigenvalue weighted by atomic mass is 35.5. The average molecular weight is 609 g/mol. The highest BCUT2D eigenvalue weighted by molar-refractivity contribution is 7.90. The minimum atomic E-state index is -3.23. The van der Waals surface area contributed by atoms with Gasteiger partial charge in [0.1, 0.15) is 0 Å². The summed E-state index contributed by atoms with van der Waals surface area (Å²) in [7, 11) is -3.23. The Hall–Kier alpha value is -2.13. The molecule has 40 heavy (non-hydrogen) atoms. The molecule has 0 radical (unpaired) electrons. The Morgan fingerprint density at radius 2 is 1.70 bits per heavy atom. The number of benzene rings is 2. The van der Waals surface area contributed by atoms with Crippen LogP contribution in [0.15, 0.2) is 53.4 Å². The highest BCUT2D eigenvalue weighted by Crippen LogP contribution is 2.42. The molecule has 2 aromatic carbocycles. The van der Waals surface area contributed by atoms with E-state index < -0.39 is 9.84 Å². The van der Waals surface area contributed by atoms with E-state index in [0.29, 0.717) is 16.5 Å². The van der Waals surface area contributed by atoms with Gasteiger partial charge in [-0.2, -0.15) is 0 Å². The molecule has 0 aromatic heterocycles. The van der Waals surface area contributed by atoms with Gasteiger partial charge in [-0.05, 0) is 80.9 Å². The van der Waals surface area contributed by atoms with Crippen LogP contribution in [0.2, 0.25) is 5.02 Å². The van der Waals surface area contributed by atoms with Crippen molar-refractivity contribution in [2.75, 3.05) is 32.4 Å². The molecule has 2 aliphatic heterocycles. The van der Waals surface area contributed by atoms with Gasteiger partial charge in [-0.15, -0.1) is 12.4 Å². The number of carbonyl (C=O) groups is 2. The van der Waals surface area contributed by atoms with E-state index in [-0.39, 0.29) is 41.6 Å². The van der Waals surface area contributed by atoms with E-state index in [1.807, 2.05) is 29.2 Å². The van der Waals surface area contributed by atoms with Crippen molar-refractivity contribution in [3.8, 4) is 0 Å². The fourth-order valence-electron chi connectivity index (χ4n) is 6.11. The molecular weight excluding hydrogens is 569 g/mol. The van der Waals surface area contributed by atoms with Gasteiger partial charge in [0.25, 0.3) is 0 Å². The second-order valence-corrected chi connectivity index (χ2v) is 13.9. The number of carbonyl (C=O) groups excluding carboxylic acids is 2. The number of amides is 2. The van der Waals surface area contributed by atoms with Gasteiger partial charge in [0, 0.05) is 36.8 Å². The number of rotatable bonds is 9. The molecule has 2 aromatic rings. The maximum Gasteiger partial charge on any atom is 0.229 e. The number of likely N-dealkylation sites (tertiary alicyclic amines) is 2. The molecule has 1 N–H and O–H groups in total. The van der Waals surface area contributed by atoms with E-state index in [2.05, 4.69) is 10.2 Å². The first-order chi connectivity index (χ1) is 18.6. The molecule has 2 saturated heterocycles. The first-order valence-corrected chi connectivity index (χ1v) is 16.3. The number of nitrogens with zero attached hydrogens (tertiary/aromatic N) is 2. The summed E-state index contributed by atoms with van der Waals surface area (Å²) in [5, 5.41) is 3.95. The Balaban J connectivity index is 0.00000370. The highest BCUT2D eigenvalue weighted by Gasteiger charge is 2.47. The van der Waals surface area contributed by atoms with E-state index in [1.165, 1.54) is 6.26 Å². The van der Waals surface area contributed by atoms with Gasteiger partial charge in [-0.25, -0.2) is 8.42 Å². The zero-order valence-corrected chi connectivity index (χ0v) is 25.4. The van der Waals surface area contributed by atoms with Gasteiger partial charge in [0.15, 0.2) is 9.84 Å². The van der Waals surface area contributed by atoms with Crippen LogP contribution in [0.1, 0.15) is 62.1 Å². The molecule has 0 bridgehead atoms. The molecule has 3 aliphatic rings. The van der Waals surface area contributed by atoms with Crippen molar-refractivity contribution in [3.63, 3.8) is 0 Å². The molecule has 218 valence electrons. The first kappa shape index (κ1) is 30.8. The van der Waals surface area contributed by atoms with Gasteiger partial charge in [-0.1, -0.05) is 48.4 Å². The van der Waals surface area contributed by atoms with Crippen molar-refractivity contribution in [2.24, 2.45) is 11.3 Å². The van der Waals surface area contributed by atoms with Gasteiger partial charge < -0.3 is 15.1 Å². The number of sulfone groups is 1. The lowest BCUT2D eigenvalue weighted by atomic mass is 9.77. The monoisotopic (exact) mass is 607 g/mol. The molecular formula is C30H39Cl2N3O4S. The van der Waals surface area contributed by atoms with Gasteiger partial charge in [0.05, 0.1) is 16.4 Å². The molecule has 1 saturated carbocycles. The van der Waals surface area contributed by atoms with Crippen LogP contribution in [-0.4, -0.2) is 62.5 Å². The lowest BCUT2D eigenvalue weighted by Gasteiger charge is -2.38. The van der Waals surface area contributed by atoms with Crippen molar-refractivity contribution in [3.05, 3.63) is 64.7 Å². The lowest BCUT2D eigenvalue weighted by Crippen LogP contribution is -2.45. The summed E-state index contributed by atoms with van der Waals surface area (Å²) in [5.41, 5.74) is 1.61. The number of piperidine rings is 1. The molecule has 2 amide bonds. The zero-order chi connectivity index (χ0) is 27.6. The predicted octanol–water partition coefficient (Wildman–Crippen LogP) is 5.03. The fraction of sp³-hybridized carbons (Fsp3) is 0.533. The average Bonchev–Trinajstić information content (AvgIpc) is 3.16. The van der Waals surface area contributed by atoms with Gasteiger partial charge >= 0.3 is 0 Å². The molecule has 1 unspecified atom stereocenters. The van der Waals surface area contributed by atoms with Crippen LogP contribution >= 0.6 is 24.0 Å². The van der Waals surface area contributed by atoms with Crippen LogP contribution in [0.4, 0.5) is 0 Å². The topological polar surface area (TPSA) is 86.8 Å². The normalized spacial score (nSPS) is 20.1. The van der Waals surface area contributed by atoms with Gasteiger partial charge in [0.2, 0.25) is 11.8 Å². The quantitative estimate of drug-likeness (QED) is 0.432. The van der Waals surface area contributed by atoms with E-state index in [0.717, 1.165) is 82.3 Å². The van der Waals surface area contributed by atoms with Crippen molar-refractivity contribution in [2.45, 2.75) is 62.4 Å². The molecule has 1 atom stereocenters. The third-order valence-corrected chi connectivity index (χ3v) is 10.4. The number of hydrogen-bond acceptors (Lipinski definition) is 5. The summed E-state index contributed by atoms with van der Waals surface area (Å²) in [5.74, 6) is 0.473.